The second-order valence-corrected chi connectivity index (χ2v) is 6.38. The molecule has 1 heteroatoms. The molecule has 2 atom stereocenters. The zero-order valence-corrected chi connectivity index (χ0v) is 11.5. The standard InChI is InChI=1S/C14H28S/c1-13-9-7-5-3-4-6-8-10-14(15-2)12-11-13/h13-14H,3-12H2,1-2H3. The normalized spacial score (nSPS) is 31.6. The minimum atomic E-state index is 0.951. The molecular weight excluding hydrogens is 200 g/mol. The van der Waals surface area contributed by atoms with Crippen LogP contribution < -0.4 is 0 Å². The van der Waals surface area contributed by atoms with Gasteiger partial charge in [0.25, 0.3) is 0 Å². The number of thioether (sulfide) groups is 1. The fraction of sp³-hybridized carbons (Fsp3) is 1.00. The van der Waals surface area contributed by atoms with E-state index < -0.39 is 0 Å². The van der Waals surface area contributed by atoms with E-state index >= 15 is 0 Å². The van der Waals surface area contributed by atoms with Crippen LogP contribution in [0.5, 0.6) is 0 Å². The summed E-state index contributed by atoms with van der Waals surface area (Å²) in [6, 6.07) is 0. The minimum Gasteiger partial charge on any atom is -0.162 e. The van der Waals surface area contributed by atoms with E-state index in [4.69, 9.17) is 0 Å². The Morgan fingerprint density at radius 2 is 1.33 bits per heavy atom. The highest BCUT2D eigenvalue weighted by atomic mass is 32.2. The molecular formula is C14H28S. The maximum Gasteiger partial charge on any atom is 0.00443 e. The van der Waals surface area contributed by atoms with Crippen molar-refractivity contribution in [1.82, 2.24) is 0 Å². The lowest BCUT2D eigenvalue weighted by atomic mass is 9.94. The molecule has 2 unspecified atom stereocenters. The summed E-state index contributed by atoms with van der Waals surface area (Å²) in [4.78, 5) is 0. The van der Waals surface area contributed by atoms with Gasteiger partial charge in [-0.15, -0.1) is 0 Å². The number of hydrogen-bond acceptors (Lipinski definition) is 1. The molecule has 1 aliphatic carbocycles. The Morgan fingerprint density at radius 3 is 2.00 bits per heavy atom. The fourth-order valence-electron chi connectivity index (χ4n) is 2.57. The second kappa shape index (κ2) is 8.50. The molecule has 1 fully saturated rings. The van der Waals surface area contributed by atoms with Crippen LogP contribution >= 0.6 is 11.8 Å². The Balaban J connectivity index is 2.27. The first-order valence-electron chi connectivity index (χ1n) is 6.85. The largest absolute Gasteiger partial charge is 0.162 e. The summed E-state index contributed by atoms with van der Waals surface area (Å²) in [7, 11) is 0. The van der Waals surface area contributed by atoms with E-state index in [1.165, 1.54) is 64.2 Å². The maximum atomic E-state index is 2.45. The second-order valence-electron chi connectivity index (χ2n) is 5.24. The van der Waals surface area contributed by atoms with E-state index in [-0.39, 0.29) is 0 Å². The first kappa shape index (κ1) is 13.4. The van der Waals surface area contributed by atoms with Crippen LogP contribution in [0.4, 0.5) is 0 Å². The van der Waals surface area contributed by atoms with Crippen LogP contribution in [-0.2, 0) is 0 Å². The summed E-state index contributed by atoms with van der Waals surface area (Å²) < 4.78 is 0. The van der Waals surface area contributed by atoms with E-state index in [0.29, 0.717) is 0 Å². The Kier molecular flexibility index (Phi) is 7.60. The van der Waals surface area contributed by atoms with Crippen LogP contribution in [0.2, 0.25) is 0 Å². The van der Waals surface area contributed by atoms with Crippen molar-refractivity contribution >= 4 is 11.8 Å². The van der Waals surface area contributed by atoms with Crippen molar-refractivity contribution in [1.29, 1.82) is 0 Å². The third-order valence-corrected chi connectivity index (χ3v) is 4.93. The molecule has 1 rings (SSSR count). The molecule has 0 nitrogen and oxygen atoms in total. The molecule has 15 heavy (non-hydrogen) atoms. The Morgan fingerprint density at radius 1 is 0.733 bits per heavy atom. The molecule has 90 valence electrons. The summed E-state index contributed by atoms with van der Waals surface area (Å²) in [6.45, 7) is 2.45. The first-order valence-corrected chi connectivity index (χ1v) is 8.14. The Labute approximate surface area is 101 Å². The van der Waals surface area contributed by atoms with E-state index in [1.807, 2.05) is 0 Å². The van der Waals surface area contributed by atoms with Gasteiger partial charge in [0.15, 0.2) is 0 Å². The third-order valence-electron chi connectivity index (χ3n) is 3.79. The highest BCUT2D eigenvalue weighted by molar-refractivity contribution is 7.99. The third kappa shape index (κ3) is 6.50. The van der Waals surface area contributed by atoms with Crippen molar-refractivity contribution < 1.29 is 0 Å². The van der Waals surface area contributed by atoms with Crippen LogP contribution in [-0.4, -0.2) is 11.5 Å². The lowest BCUT2D eigenvalue weighted by Gasteiger charge is -2.18. The summed E-state index contributed by atoms with van der Waals surface area (Å²) in [5.41, 5.74) is 0. The zero-order valence-electron chi connectivity index (χ0n) is 10.6. The van der Waals surface area contributed by atoms with Gasteiger partial charge in [0.2, 0.25) is 0 Å². The highest BCUT2D eigenvalue weighted by Gasteiger charge is 2.10. The number of rotatable bonds is 1. The van der Waals surface area contributed by atoms with Crippen molar-refractivity contribution in [3.05, 3.63) is 0 Å². The monoisotopic (exact) mass is 228 g/mol. The number of hydrogen-bond donors (Lipinski definition) is 0. The summed E-state index contributed by atoms with van der Waals surface area (Å²) >= 11 is 2.10. The van der Waals surface area contributed by atoms with Gasteiger partial charge >= 0.3 is 0 Å². The molecule has 0 N–H and O–H groups in total. The van der Waals surface area contributed by atoms with Gasteiger partial charge in [0.1, 0.15) is 0 Å². The van der Waals surface area contributed by atoms with Gasteiger partial charge < -0.3 is 0 Å². The van der Waals surface area contributed by atoms with Gasteiger partial charge in [-0.1, -0.05) is 51.9 Å². The van der Waals surface area contributed by atoms with Gasteiger partial charge in [-0.2, -0.15) is 11.8 Å². The van der Waals surface area contributed by atoms with Gasteiger partial charge in [-0.25, -0.2) is 0 Å². The predicted molar refractivity (Wildman–Crippen MR) is 72.6 cm³/mol. The molecule has 0 spiro atoms. The van der Waals surface area contributed by atoms with Crippen molar-refractivity contribution in [3.63, 3.8) is 0 Å². The van der Waals surface area contributed by atoms with Gasteiger partial charge in [0, 0.05) is 5.25 Å². The molecule has 0 aromatic heterocycles. The summed E-state index contributed by atoms with van der Waals surface area (Å²) in [6.07, 6.45) is 17.0. The molecule has 0 radical (unpaired) electrons. The van der Waals surface area contributed by atoms with Crippen LogP contribution in [0.1, 0.15) is 71.1 Å². The van der Waals surface area contributed by atoms with Gasteiger partial charge in [-0.05, 0) is 31.4 Å². The molecule has 0 heterocycles. The topological polar surface area (TPSA) is 0 Å². The molecule has 0 bridgehead atoms. The molecule has 0 aliphatic heterocycles. The van der Waals surface area contributed by atoms with Crippen molar-refractivity contribution in [2.24, 2.45) is 5.92 Å². The molecule has 0 aromatic carbocycles. The Bertz CT molecular complexity index is 144. The van der Waals surface area contributed by atoms with E-state index in [2.05, 4.69) is 24.9 Å². The molecule has 0 aromatic rings. The van der Waals surface area contributed by atoms with Crippen molar-refractivity contribution in [3.8, 4) is 0 Å². The molecule has 1 saturated carbocycles. The summed E-state index contributed by atoms with van der Waals surface area (Å²) in [5, 5.41) is 0.951. The van der Waals surface area contributed by atoms with Crippen molar-refractivity contribution in [2.45, 2.75) is 76.4 Å². The van der Waals surface area contributed by atoms with Crippen LogP contribution in [0.3, 0.4) is 0 Å². The van der Waals surface area contributed by atoms with Gasteiger partial charge in [-0.3, -0.25) is 0 Å². The minimum absolute atomic E-state index is 0.951. The van der Waals surface area contributed by atoms with Crippen molar-refractivity contribution in [2.75, 3.05) is 6.26 Å². The zero-order chi connectivity index (χ0) is 10.9. The van der Waals surface area contributed by atoms with Crippen LogP contribution in [0.25, 0.3) is 0 Å². The van der Waals surface area contributed by atoms with Gasteiger partial charge in [0.05, 0.1) is 0 Å². The maximum absolute atomic E-state index is 2.45. The molecule has 0 amide bonds. The molecule has 0 saturated heterocycles. The lowest BCUT2D eigenvalue weighted by Crippen LogP contribution is -2.06. The van der Waals surface area contributed by atoms with E-state index in [1.54, 1.807) is 0 Å². The lowest BCUT2D eigenvalue weighted by molar-refractivity contribution is 0.424. The van der Waals surface area contributed by atoms with Crippen LogP contribution in [0, 0.1) is 5.92 Å². The SMILES string of the molecule is CSC1CCCCCCCCC(C)CC1. The quantitative estimate of drug-likeness (QED) is 0.589. The fourth-order valence-corrected chi connectivity index (χ4v) is 3.34. The first-order chi connectivity index (χ1) is 7.33. The smallest absolute Gasteiger partial charge is 0.00443 e. The predicted octanol–water partition coefficient (Wildman–Crippen LogP) is 5.27. The molecule has 1 aliphatic rings. The van der Waals surface area contributed by atoms with Crippen LogP contribution in [0.15, 0.2) is 0 Å². The summed E-state index contributed by atoms with van der Waals surface area (Å²) in [5.74, 6) is 0.971. The Hall–Kier alpha value is 0.350. The average molecular weight is 228 g/mol. The van der Waals surface area contributed by atoms with E-state index in [9.17, 15) is 0 Å². The highest BCUT2D eigenvalue weighted by Crippen LogP contribution is 2.25. The average Bonchev–Trinajstić information content (AvgIpc) is 2.23. The van der Waals surface area contributed by atoms with E-state index in [0.717, 1.165) is 11.2 Å².